The molecule has 1 fully saturated rings. The van der Waals surface area contributed by atoms with Crippen molar-refractivity contribution in [3.8, 4) is 17.1 Å². The van der Waals surface area contributed by atoms with Crippen molar-refractivity contribution in [3.05, 3.63) is 39.3 Å². The molecule has 1 aromatic heterocycles. The smallest absolute Gasteiger partial charge is 0.277 e. The van der Waals surface area contributed by atoms with E-state index < -0.39 is 0 Å². The third-order valence-corrected chi connectivity index (χ3v) is 5.72. The van der Waals surface area contributed by atoms with E-state index in [1.54, 1.807) is 32.0 Å². The van der Waals surface area contributed by atoms with Crippen LogP contribution < -0.4 is 15.2 Å². The van der Waals surface area contributed by atoms with E-state index in [4.69, 9.17) is 30.8 Å². The summed E-state index contributed by atoms with van der Waals surface area (Å²) in [5.41, 5.74) is 1.88. The molecule has 1 aromatic carbocycles. The van der Waals surface area contributed by atoms with Crippen LogP contribution in [-0.4, -0.2) is 56.2 Å². The van der Waals surface area contributed by atoms with E-state index in [2.05, 4.69) is 4.90 Å². The maximum atomic E-state index is 13.5. The zero-order valence-corrected chi connectivity index (χ0v) is 18.3. The molecule has 29 heavy (non-hydrogen) atoms. The van der Waals surface area contributed by atoms with Gasteiger partial charge in [-0.2, -0.15) is 0 Å². The van der Waals surface area contributed by atoms with Crippen LogP contribution in [0, 0.1) is 6.92 Å². The van der Waals surface area contributed by atoms with Gasteiger partial charge in [0.1, 0.15) is 17.3 Å². The maximum Gasteiger partial charge on any atom is 0.277 e. The second-order valence-electron chi connectivity index (χ2n) is 7.12. The molecule has 1 saturated heterocycles. The standard InChI is InChI=1S/C21H28ClN3O4/c1-6-24-20(17-8-7-15(28-4)10-18(17)22)23-13(2)19(21(24)26)25-11-16(29-5)9-14(25)12-27-3/h7-8,10,14,16H,6,9,11-12H2,1-5H3/t14-,16+/m0/s1. The Balaban J connectivity index is 2.12. The fraction of sp³-hybridized carbons (Fsp3) is 0.524. The lowest BCUT2D eigenvalue weighted by atomic mass is 10.1. The monoisotopic (exact) mass is 421 g/mol. The highest BCUT2D eigenvalue weighted by Crippen LogP contribution is 2.32. The zero-order valence-electron chi connectivity index (χ0n) is 17.6. The first-order valence-electron chi connectivity index (χ1n) is 9.68. The fourth-order valence-electron chi connectivity index (χ4n) is 3.95. The summed E-state index contributed by atoms with van der Waals surface area (Å²) in [6, 6.07) is 5.44. The molecule has 158 valence electrons. The van der Waals surface area contributed by atoms with Crippen LogP contribution in [0.25, 0.3) is 11.4 Å². The number of rotatable bonds is 7. The van der Waals surface area contributed by atoms with Crippen LogP contribution in [-0.2, 0) is 16.0 Å². The number of halogens is 1. The van der Waals surface area contributed by atoms with E-state index in [-0.39, 0.29) is 17.7 Å². The molecular weight excluding hydrogens is 394 g/mol. The molecular formula is C21H28ClN3O4. The number of aryl methyl sites for hydroxylation is 1. The van der Waals surface area contributed by atoms with Gasteiger partial charge in [-0.1, -0.05) is 11.6 Å². The van der Waals surface area contributed by atoms with Crippen LogP contribution >= 0.6 is 11.6 Å². The van der Waals surface area contributed by atoms with Crippen LogP contribution in [0.1, 0.15) is 19.0 Å². The van der Waals surface area contributed by atoms with Crippen molar-refractivity contribution < 1.29 is 14.2 Å². The summed E-state index contributed by atoms with van der Waals surface area (Å²) < 4.78 is 17.8. The van der Waals surface area contributed by atoms with Crippen molar-refractivity contribution in [3.63, 3.8) is 0 Å². The maximum absolute atomic E-state index is 13.5. The zero-order chi connectivity index (χ0) is 21.1. The summed E-state index contributed by atoms with van der Waals surface area (Å²) >= 11 is 6.47. The van der Waals surface area contributed by atoms with Crippen molar-refractivity contribution in [2.45, 2.75) is 39.0 Å². The van der Waals surface area contributed by atoms with Gasteiger partial charge in [0.15, 0.2) is 0 Å². The molecule has 2 atom stereocenters. The summed E-state index contributed by atoms with van der Waals surface area (Å²) in [6.45, 7) is 5.43. The summed E-state index contributed by atoms with van der Waals surface area (Å²) in [4.78, 5) is 20.4. The molecule has 1 aliphatic rings. The third-order valence-electron chi connectivity index (χ3n) is 5.41. The molecule has 3 rings (SSSR count). The molecule has 0 N–H and O–H groups in total. The van der Waals surface area contributed by atoms with Gasteiger partial charge >= 0.3 is 0 Å². The first-order chi connectivity index (χ1) is 13.9. The van der Waals surface area contributed by atoms with E-state index in [0.29, 0.717) is 53.2 Å². The van der Waals surface area contributed by atoms with Crippen LogP contribution in [0.2, 0.25) is 5.02 Å². The molecule has 2 aromatic rings. The van der Waals surface area contributed by atoms with Gasteiger partial charge in [-0.25, -0.2) is 4.98 Å². The third kappa shape index (κ3) is 4.13. The molecule has 7 nitrogen and oxygen atoms in total. The predicted molar refractivity (Wildman–Crippen MR) is 114 cm³/mol. The minimum Gasteiger partial charge on any atom is -0.497 e. The van der Waals surface area contributed by atoms with Crippen LogP contribution in [0.15, 0.2) is 23.0 Å². The van der Waals surface area contributed by atoms with Gasteiger partial charge in [0, 0.05) is 32.9 Å². The van der Waals surface area contributed by atoms with Gasteiger partial charge in [-0.05, 0) is 38.5 Å². The molecule has 2 heterocycles. The molecule has 1 aliphatic heterocycles. The number of benzene rings is 1. The Hall–Kier alpha value is -2.09. The second kappa shape index (κ2) is 9.15. The summed E-state index contributed by atoms with van der Waals surface area (Å²) in [5.74, 6) is 1.21. The van der Waals surface area contributed by atoms with E-state index in [9.17, 15) is 4.79 Å². The largest absolute Gasteiger partial charge is 0.497 e. The predicted octanol–water partition coefficient (Wildman–Crippen LogP) is 3.14. The van der Waals surface area contributed by atoms with Crippen molar-refractivity contribution in [1.82, 2.24) is 9.55 Å². The summed E-state index contributed by atoms with van der Waals surface area (Å²) in [6.07, 6.45) is 0.862. The molecule has 0 radical (unpaired) electrons. The van der Waals surface area contributed by atoms with E-state index in [0.717, 1.165) is 6.42 Å². The SMILES string of the molecule is CCn1c(-c2ccc(OC)cc2Cl)nc(C)c(N2C[C@H](OC)C[C@H]2COC)c1=O. The molecule has 0 spiro atoms. The highest BCUT2D eigenvalue weighted by Gasteiger charge is 2.35. The molecule has 0 unspecified atom stereocenters. The molecule has 0 amide bonds. The number of nitrogens with zero attached hydrogens (tertiary/aromatic N) is 3. The Morgan fingerprint density at radius 3 is 2.62 bits per heavy atom. The second-order valence-corrected chi connectivity index (χ2v) is 7.53. The van der Waals surface area contributed by atoms with Gasteiger partial charge in [0.05, 0.1) is 36.6 Å². The first kappa shape index (κ1) is 21.6. The van der Waals surface area contributed by atoms with Crippen LogP contribution in [0.3, 0.4) is 0 Å². The van der Waals surface area contributed by atoms with Gasteiger partial charge in [-0.3, -0.25) is 9.36 Å². The molecule has 0 aliphatic carbocycles. The van der Waals surface area contributed by atoms with Crippen LogP contribution in [0.5, 0.6) is 5.75 Å². The summed E-state index contributed by atoms with van der Waals surface area (Å²) in [5, 5.41) is 0.489. The Morgan fingerprint density at radius 2 is 2.03 bits per heavy atom. The van der Waals surface area contributed by atoms with Gasteiger partial charge < -0.3 is 19.1 Å². The average Bonchev–Trinajstić information content (AvgIpc) is 3.10. The highest BCUT2D eigenvalue weighted by atomic mass is 35.5. The van der Waals surface area contributed by atoms with Crippen molar-refractivity contribution in [2.75, 3.05) is 39.4 Å². The lowest BCUT2D eigenvalue weighted by Gasteiger charge is -2.27. The number of methoxy groups -OCH3 is 3. The Kier molecular flexibility index (Phi) is 6.82. The van der Waals surface area contributed by atoms with E-state index >= 15 is 0 Å². The van der Waals surface area contributed by atoms with E-state index in [1.165, 1.54) is 0 Å². The number of ether oxygens (including phenoxy) is 3. The van der Waals surface area contributed by atoms with Crippen molar-refractivity contribution in [2.24, 2.45) is 0 Å². The minimum atomic E-state index is -0.0836. The first-order valence-corrected chi connectivity index (χ1v) is 10.1. The Labute approximate surface area is 176 Å². The van der Waals surface area contributed by atoms with Crippen molar-refractivity contribution in [1.29, 1.82) is 0 Å². The highest BCUT2D eigenvalue weighted by molar-refractivity contribution is 6.33. The van der Waals surface area contributed by atoms with E-state index in [1.807, 2.05) is 26.0 Å². The van der Waals surface area contributed by atoms with Crippen molar-refractivity contribution >= 4 is 17.3 Å². The minimum absolute atomic E-state index is 0.0553. The number of aromatic nitrogens is 2. The Bertz CT molecular complexity index is 931. The lowest BCUT2D eigenvalue weighted by molar-refractivity contribution is 0.111. The molecule has 0 bridgehead atoms. The molecule has 8 heteroatoms. The normalized spacial score (nSPS) is 19.0. The van der Waals surface area contributed by atoms with Gasteiger partial charge in [-0.15, -0.1) is 0 Å². The molecule has 0 saturated carbocycles. The van der Waals surface area contributed by atoms with Crippen LogP contribution in [0.4, 0.5) is 5.69 Å². The Morgan fingerprint density at radius 1 is 1.28 bits per heavy atom. The number of hydrogen-bond acceptors (Lipinski definition) is 6. The lowest BCUT2D eigenvalue weighted by Crippen LogP contribution is -2.40. The summed E-state index contributed by atoms with van der Waals surface area (Å²) in [7, 11) is 4.95. The number of hydrogen-bond donors (Lipinski definition) is 0. The average molecular weight is 422 g/mol. The fourth-order valence-corrected chi connectivity index (χ4v) is 4.21. The topological polar surface area (TPSA) is 65.8 Å². The van der Waals surface area contributed by atoms with Gasteiger partial charge in [0.2, 0.25) is 0 Å². The quantitative estimate of drug-likeness (QED) is 0.684. The van der Waals surface area contributed by atoms with Gasteiger partial charge in [0.25, 0.3) is 5.56 Å². The number of anilines is 1.